The lowest BCUT2D eigenvalue weighted by atomic mass is 9.90. The van der Waals surface area contributed by atoms with Crippen molar-refractivity contribution in [3.8, 4) is 0 Å². The Hall–Kier alpha value is -2.28. The van der Waals surface area contributed by atoms with Gasteiger partial charge in [-0.25, -0.2) is 4.79 Å². The van der Waals surface area contributed by atoms with Crippen LogP contribution in [0.5, 0.6) is 0 Å². The Morgan fingerprint density at radius 3 is 1.50 bits per heavy atom. The van der Waals surface area contributed by atoms with Gasteiger partial charge >= 0.3 is 23.9 Å². The third-order valence-electron chi connectivity index (χ3n) is 6.68. The van der Waals surface area contributed by atoms with Crippen molar-refractivity contribution < 1.29 is 44.7 Å². The summed E-state index contributed by atoms with van der Waals surface area (Å²) in [5, 5.41) is 48.0. The van der Waals surface area contributed by atoms with Crippen LogP contribution in [-0.4, -0.2) is 80.2 Å². The zero-order valence-corrected chi connectivity index (χ0v) is 24.3. The molecule has 40 heavy (non-hydrogen) atoms. The van der Waals surface area contributed by atoms with Gasteiger partial charge in [-0.05, 0) is 32.4 Å². The smallest absolute Gasteiger partial charge is 0.338 e. The van der Waals surface area contributed by atoms with Gasteiger partial charge in [-0.1, -0.05) is 96.8 Å². The normalized spacial score (nSPS) is 13.9. The Morgan fingerprint density at radius 1 is 0.700 bits per heavy atom. The van der Waals surface area contributed by atoms with Crippen LogP contribution in [0.25, 0.3) is 0 Å². The fraction of sp³-hybridized carbons (Fsp3) is 0.857. The molecule has 0 aromatic rings. The third-order valence-corrected chi connectivity index (χ3v) is 6.68. The molecule has 0 aliphatic rings. The number of nitrogens with two attached hydrogens (primary N) is 2. The summed E-state index contributed by atoms with van der Waals surface area (Å²) in [5.74, 6) is -5.97. The second-order valence-corrected chi connectivity index (χ2v) is 10.4. The topological polar surface area (TPSA) is 234 Å². The lowest BCUT2D eigenvalue weighted by molar-refractivity contribution is -0.174. The average molecular weight is 578 g/mol. The lowest BCUT2D eigenvalue weighted by Gasteiger charge is -2.29. The molecule has 0 spiro atoms. The van der Waals surface area contributed by atoms with E-state index in [1.54, 1.807) is 0 Å². The molecule has 0 fully saturated rings. The fourth-order valence-electron chi connectivity index (χ4n) is 4.19. The average Bonchev–Trinajstić information content (AvgIpc) is 2.88. The van der Waals surface area contributed by atoms with Crippen LogP contribution in [0.15, 0.2) is 0 Å². The first kappa shape index (κ1) is 39.9. The molecule has 12 nitrogen and oxygen atoms in total. The number of nitrogens with one attached hydrogen (secondary N) is 1. The number of hydrogen-bond acceptors (Lipinski definition) is 8. The van der Waals surface area contributed by atoms with Crippen LogP contribution in [0.4, 0.5) is 0 Å². The van der Waals surface area contributed by atoms with Gasteiger partial charge < -0.3 is 42.3 Å². The fourth-order valence-corrected chi connectivity index (χ4v) is 4.19. The van der Waals surface area contributed by atoms with Gasteiger partial charge in [0, 0.05) is 0 Å². The van der Waals surface area contributed by atoms with E-state index in [-0.39, 0.29) is 6.54 Å². The van der Waals surface area contributed by atoms with Crippen molar-refractivity contribution in [2.75, 3.05) is 13.1 Å². The molecule has 2 unspecified atom stereocenters. The van der Waals surface area contributed by atoms with E-state index in [4.69, 9.17) is 26.8 Å². The van der Waals surface area contributed by atoms with Gasteiger partial charge in [0.25, 0.3) is 0 Å². The first-order chi connectivity index (χ1) is 18.9. The predicted molar refractivity (Wildman–Crippen MR) is 153 cm³/mol. The molecule has 0 aliphatic heterocycles. The van der Waals surface area contributed by atoms with Crippen LogP contribution in [0.3, 0.4) is 0 Å². The molecule has 0 heterocycles. The van der Waals surface area contributed by atoms with Crippen molar-refractivity contribution in [1.29, 1.82) is 0 Å². The SMILES string of the molecule is CCCCCCCCCCCCCCCCNC(C(=O)O)C(O)(CC(=O)O)C(=O)O.NCCCC[C@H](N)C(=O)O. The van der Waals surface area contributed by atoms with E-state index in [0.29, 0.717) is 19.4 Å². The molecule has 0 rings (SSSR count). The number of carbonyl (C=O) groups is 4. The highest BCUT2D eigenvalue weighted by molar-refractivity contribution is 5.91. The van der Waals surface area contributed by atoms with Gasteiger partial charge in [0.2, 0.25) is 0 Å². The molecule has 10 N–H and O–H groups in total. The largest absolute Gasteiger partial charge is 0.481 e. The number of carboxylic acid groups (broad SMARTS) is 4. The molecular weight excluding hydrogens is 522 g/mol. The summed E-state index contributed by atoms with van der Waals surface area (Å²) in [6, 6.07) is -2.60. The van der Waals surface area contributed by atoms with Crippen molar-refractivity contribution in [1.82, 2.24) is 5.32 Å². The Labute approximate surface area is 238 Å². The summed E-state index contributed by atoms with van der Waals surface area (Å²) in [4.78, 5) is 43.5. The molecule has 0 amide bonds. The number of aliphatic hydroxyl groups is 1. The Balaban J connectivity index is 0. The predicted octanol–water partition coefficient (Wildman–Crippen LogP) is 3.33. The summed E-state index contributed by atoms with van der Waals surface area (Å²) in [6.07, 6.45) is 17.6. The van der Waals surface area contributed by atoms with Crippen LogP contribution in [-0.2, 0) is 19.2 Å². The number of rotatable bonds is 26. The molecular formula is C28H55N3O9. The maximum absolute atomic E-state index is 11.3. The van der Waals surface area contributed by atoms with E-state index in [1.807, 2.05) is 0 Å². The van der Waals surface area contributed by atoms with E-state index in [2.05, 4.69) is 12.2 Å². The standard InChI is InChI=1S/C22H41NO7.C6H14N2O2/c1-2-3-4-5-6-7-8-9-10-11-12-13-14-15-16-23-19(20(26)27)22(30,21(28)29)17-18(24)25;7-4-2-1-3-5(8)6(9)10/h19,23,30H,2-17H2,1H3,(H,24,25)(H,26,27)(H,28,29);5H,1-4,7-8H2,(H,9,10)/t;5-/m.0/s1. The van der Waals surface area contributed by atoms with E-state index >= 15 is 0 Å². The van der Waals surface area contributed by atoms with Crippen molar-refractivity contribution >= 4 is 23.9 Å². The first-order valence-electron chi connectivity index (χ1n) is 14.8. The molecule has 0 bridgehead atoms. The van der Waals surface area contributed by atoms with Gasteiger partial charge in [-0.15, -0.1) is 0 Å². The van der Waals surface area contributed by atoms with Crippen LogP contribution < -0.4 is 16.8 Å². The molecule has 12 heteroatoms. The zero-order chi connectivity index (χ0) is 30.8. The van der Waals surface area contributed by atoms with Crippen LogP contribution in [0.2, 0.25) is 0 Å². The number of hydrogen-bond donors (Lipinski definition) is 8. The van der Waals surface area contributed by atoms with Crippen LogP contribution >= 0.6 is 0 Å². The van der Waals surface area contributed by atoms with E-state index < -0.39 is 48.0 Å². The summed E-state index contributed by atoms with van der Waals surface area (Å²) in [7, 11) is 0. The maximum atomic E-state index is 11.3. The molecule has 0 radical (unpaired) electrons. The van der Waals surface area contributed by atoms with E-state index in [9.17, 15) is 29.4 Å². The van der Waals surface area contributed by atoms with E-state index in [0.717, 1.165) is 32.1 Å². The van der Waals surface area contributed by atoms with Gasteiger partial charge in [0.15, 0.2) is 5.60 Å². The highest BCUT2D eigenvalue weighted by Gasteiger charge is 2.50. The Kier molecular flexibility index (Phi) is 25.6. The Bertz CT molecular complexity index is 694. The molecule has 0 saturated carbocycles. The quantitative estimate of drug-likeness (QED) is 0.0691. The summed E-state index contributed by atoms with van der Waals surface area (Å²) >= 11 is 0. The number of unbranched alkanes of at least 4 members (excludes halogenated alkanes) is 14. The highest BCUT2D eigenvalue weighted by atomic mass is 16.4. The van der Waals surface area contributed by atoms with Gasteiger partial charge in [0.05, 0.1) is 6.42 Å². The maximum Gasteiger partial charge on any atom is 0.338 e. The zero-order valence-electron chi connectivity index (χ0n) is 24.3. The second-order valence-electron chi connectivity index (χ2n) is 10.4. The van der Waals surface area contributed by atoms with E-state index in [1.165, 1.54) is 64.2 Å². The molecule has 0 saturated heterocycles. The lowest BCUT2D eigenvalue weighted by Crippen LogP contribution is -2.61. The van der Waals surface area contributed by atoms with Gasteiger partial charge in [-0.2, -0.15) is 0 Å². The molecule has 0 aromatic carbocycles. The van der Waals surface area contributed by atoms with Crippen LogP contribution in [0.1, 0.15) is 122 Å². The van der Waals surface area contributed by atoms with Crippen molar-refractivity contribution in [2.45, 2.75) is 140 Å². The molecule has 0 aromatic heterocycles. The van der Waals surface area contributed by atoms with Crippen molar-refractivity contribution in [3.63, 3.8) is 0 Å². The minimum Gasteiger partial charge on any atom is -0.481 e. The summed E-state index contributed by atoms with van der Waals surface area (Å²) < 4.78 is 0. The van der Waals surface area contributed by atoms with Crippen LogP contribution in [0, 0.1) is 0 Å². The minimum atomic E-state index is -2.90. The van der Waals surface area contributed by atoms with Gasteiger partial charge in [-0.3, -0.25) is 14.4 Å². The van der Waals surface area contributed by atoms with Crippen molar-refractivity contribution in [3.05, 3.63) is 0 Å². The summed E-state index contributed by atoms with van der Waals surface area (Å²) in [6.45, 7) is 3.03. The number of aliphatic carboxylic acids is 4. The minimum absolute atomic E-state index is 0.199. The first-order valence-corrected chi connectivity index (χ1v) is 14.8. The Morgan fingerprint density at radius 2 is 1.15 bits per heavy atom. The molecule has 0 aliphatic carbocycles. The molecule has 3 atom stereocenters. The highest BCUT2D eigenvalue weighted by Crippen LogP contribution is 2.18. The monoisotopic (exact) mass is 577 g/mol. The van der Waals surface area contributed by atoms with Crippen molar-refractivity contribution in [2.24, 2.45) is 11.5 Å². The second kappa shape index (κ2) is 25.7. The third kappa shape index (κ3) is 21.5. The number of carboxylic acids is 4. The van der Waals surface area contributed by atoms with Gasteiger partial charge in [0.1, 0.15) is 12.1 Å². The summed E-state index contributed by atoms with van der Waals surface area (Å²) in [5.41, 5.74) is 7.52. The molecule has 236 valence electrons.